The Labute approximate surface area is 112 Å². The van der Waals surface area contributed by atoms with Crippen LogP contribution in [0.4, 0.5) is 0 Å². The zero-order valence-electron chi connectivity index (χ0n) is 12.7. The maximum Gasteiger partial charge on any atom is 0.306 e. The highest BCUT2D eigenvalue weighted by molar-refractivity contribution is 6.77. The number of hydrogen-bond donors (Lipinski definition) is 0. The van der Waals surface area contributed by atoms with Gasteiger partial charge in [0.2, 0.25) is 8.32 Å². The van der Waals surface area contributed by atoms with Gasteiger partial charge >= 0.3 is 5.97 Å². The van der Waals surface area contributed by atoms with Gasteiger partial charge in [-0.3, -0.25) is 4.79 Å². The molecule has 1 atom stereocenters. The molecule has 3 nitrogen and oxygen atoms in total. The molecule has 0 saturated carbocycles. The standard InChI is InChI=1S/C14H28O3Si/c1-10(2)18(11(3)4,12(5)6)16-9-13-7-8-14(15)17-13/h10-13H,7-9H2,1-6H3/t13-/m0/s1. The number of carbonyl (C=O) groups excluding carboxylic acids is 1. The number of hydrogen-bond acceptors (Lipinski definition) is 3. The Kier molecular flexibility index (Phi) is 5.41. The Morgan fingerprint density at radius 2 is 1.67 bits per heavy atom. The summed E-state index contributed by atoms with van der Waals surface area (Å²) in [4.78, 5) is 11.1. The molecule has 1 aliphatic rings. The molecule has 1 rings (SSSR count). The van der Waals surface area contributed by atoms with E-state index in [9.17, 15) is 4.79 Å². The highest BCUT2D eigenvalue weighted by Crippen LogP contribution is 2.42. The molecule has 1 aliphatic heterocycles. The predicted molar refractivity (Wildman–Crippen MR) is 76.1 cm³/mol. The molecular formula is C14H28O3Si. The van der Waals surface area contributed by atoms with Crippen molar-refractivity contribution in [2.45, 2.75) is 77.1 Å². The molecule has 0 aromatic carbocycles. The second kappa shape index (κ2) is 6.20. The zero-order valence-corrected chi connectivity index (χ0v) is 13.7. The largest absolute Gasteiger partial charge is 0.460 e. The second-order valence-corrected chi connectivity index (χ2v) is 11.7. The van der Waals surface area contributed by atoms with Crippen molar-refractivity contribution < 1.29 is 14.0 Å². The van der Waals surface area contributed by atoms with Crippen LogP contribution in [0.2, 0.25) is 16.6 Å². The molecule has 106 valence electrons. The van der Waals surface area contributed by atoms with E-state index in [4.69, 9.17) is 9.16 Å². The third kappa shape index (κ3) is 3.15. The van der Waals surface area contributed by atoms with E-state index >= 15 is 0 Å². The average Bonchev–Trinajstić information content (AvgIpc) is 2.63. The third-order valence-electron chi connectivity index (χ3n) is 4.19. The van der Waals surface area contributed by atoms with Crippen LogP contribution >= 0.6 is 0 Å². The van der Waals surface area contributed by atoms with Crippen LogP contribution in [0.3, 0.4) is 0 Å². The SMILES string of the molecule is CC(C)[Si](OC[C@@H]1CCC(=O)O1)(C(C)C)C(C)C. The molecule has 1 saturated heterocycles. The Hall–Kier alpha value is -0.353. The van der Waals surface area contributed by atoms with Crippen LogP contribution in [0.15, 0.2) is 0 Å². The topological polar surface area (TPSA) is 35.5 Å². The lowest BCUT2D eigenvalue weighted by Gasteiger charge is -2.42. The van der Waals surface area contributed by atoms with Crippen molar-refractivity contribution in [2.75, 3.05) is 6.61 Å². The van der Waals surface area contributed by atoms with Gasteiger partial charge in [0.15, 0.2) is 0 Å². The number of cyclic esters (lactones) is 1. The summed E-state index contributed by atoms with van der Waals surface area (Å²) in [6.45, 7) is 14.2. The van der Waals surface area contributed by atoms with Gasteiger partial charge in [-0.2, -0.15) is 0 Å². The van der Waals surface area contributed by atoms with Gasteiger partial charge in [-0.1, -0.05) is 41.5 Å². The van der Waals surface area contributed by atoms with Crippen molar-refractivity contribution >= 4 is 14.3 Å². The van der Waals surface area contributed by atoms with Crippen molar-refractivity contribution in [1.29, 1.82) is 0 Å². The smallest absolute Gasteiger partial charge is 0.306 e. The number of ether oxygens (including phenoxy) is 1. The molecule has 0 aromatic rings. The molecule has 0 bridgehead atoms. The summed E-state index contributed by atoms with van der Waals surface area (Å²) < 4.78 is 11.7. The first-order chi connectivity index (χ1) is 8.30. The van der Waals surface area contributed by atoms with Crippen LogP contribution in [0, 0.1) is 0 Å². The lowest BCUT2D eigenvalue weighted by molar-refractivity contribution is -0.142. The minimum Gasteiger partial charge on any atom is -0.460 e. The van der Waals surface area contributed by atoms with Gasteiger partial charge in [0, 0.05) is 6.42 Å². The maximum absolute atomic E-state index is 11.1. The van der Waals surface area contributed by atoms with Gasteiger partial charge in [0.05, 0.1) is 6.61 Å². The molecular weight excluding hydrogens is 244 g/mol. The fourth-order valence-electron chi connectivity index (χ4n) is 3.44. The summed E-state index contributed by atoms with van der Waals surface area (Å²) in [7, 11) is -1.81. The van der Waals surface area contributed by atoms with E-state index in [0.717, 1.165) is 6.42 Å². The summed E-state index contributed by atoms with van der Waals surface area (Å²) in [5.41, 5.74) is 1.74. The quantitative estimate of drug-likeness (QED) is 0.543. The van der Waals surface area contributed by atoms with Gasteiger partial charge in [0.1, 0.15) is 6.10 Å². The van der Waals surface area contributed by atoms with Crippen LogP contribution in [0.25, 0.3) is 0 Å². The van der Waals surface area contributed by atoms with E-state index in [1.54, 1.807) is 0 Å². The van der Waals surface area contributed by atoms with E-state index in [1.807, 2.05) is 0 Å². The lowest BCUT2D eigenvalue weighted by Crippen LogP contribution is -2.49. The zero-order chi connectivity index (χ0) is 13.9. The fraction of sp³-hybridized carbons (Fsp3) is 0.929. The Morgan fingerprint density at radius 1 is 1.17 bits per heavy atom. The van der Waals surface area contributed by atoms with Gasteiger partial charge in [-0.05, 0) is 23.0 Å². The van der Waals surface area contributed by atoms with Gasteiger partial charge in [-0.15, -0.1) is 0 Å². The second-order valence-electron chi connectivity index (χ2n) is 6.28. The highest BCUT2D eigenvalue weighted by Gasteiger charge is 2.45. The van der Waals surface area contributed by atoms with E-state index in [0.29, 0.717) is 29.7 Å². The molecule has 4 heteroatoms. The van der Waals surface area contributed by atoms with Crippen LogP contribution in [0.1, 0.15) is 54.4 Å². The molecule has 0 spiro atoms. The first kappa shape index (κ1) is 15.7. The van der Waals surface area contributed by atoms with Crippen molar-refractivity contribution in [3.63, 3.8) is 0 Å². The van der Waals surface area contributed by atoms with Crippen molar-refractivity contribution in [3.05, 3.63) is 0 Å². The predicted octanol–water partition coefficient (Wildman–Crippen LogP) is 3.88. The van der Waals surface area contributed by atoms with Gasteiger partial charge in [-0.25, -0.2) is 0 Å². The summed E-state index contributed by atoms with van der Waals surface area (Å²) in [6.07, 6.45) is 1.35. The van der Waals surface area contributed by atoms with E-state index in [2.05, 4.69) is 41.5 Å². The first-order valence-corrected chi connectivity index (χ1v) is 9.28. The minimum absolute atomic E-state index is 0.0133. The summed E-state index contributed by atoms with van der Waals surface area (Å²) in [5.74, 6) is -0.0745. The molecule has 18 heavy (non-hydrogen) atoms. The molecule has 1 fully saturated rings. The molecule has 0 aromatic heterocycles. The fourth-order valence-corrected chi connectivity index (χ4v) is 8.91. The molecule has 0 amide bonds. The molecule has 0 aliphatic carbocycles. The number of rotatable bonds is 6. The van der Waals surface area contributed by atoms with E-state index in [-0.39, 0.29) is 12.1 Å². The summed E-state index contributed by atoms with van der Waals surface area (Å²) in [6, 6.07) is 0. The summed E-state index contributed by atoms with van der Waals surface area (Å²) >= 11 is 0. The number of carbonyl (C=O) groups is 1. The average molecular weight is 272 g/mol. The van der Waals surface area contributed by atoms with E-state index in [1.165, 1.54) is 0 Å². The Morgan fingerprint density at radius 3 is 2.00 bits per heavy atom. The molecule has 0 radical (unpaired) electrons. The van der Waals surface area contributed by atoms with Crippen molar-refractivity contribution in [2.24, 2.45) is 0 Å². The molecule has 1 heterocycles. The van der Waals surface area contributed by atoms with Crippen molar-refractivity contribution in [3.8, 4) is 0 Å². The van der Waals surface area contributed by atoms with Crippen LogP contribution in [-0.2, 0) is 14.0 Å². The third-order valence-corrected chi connectivity index (χ3v) is 10.3. The van der Waals surface area contributed by atoms with Gasteiger partial charge in [0.25, 0.3) is 0 Å². The minimum atomic E-state index is -1.81. The van der Waals surface area contributed by atoms with Crippen molar-refractivity contribution in [1.82, 2.24) is 0 Å². The maximum atomic E-state index is 11.1. The van der Waals surface area contributed by atoms with Crippen LogP contribution < -0.4 is 0 Å². The first-order valence-electron chi connectivity index (χ1n) is 7.14. The summed E-state index contributed by atoms with van der Waals surface area (Å²) in [5, 5.41) is 0. The van der Waals surface area contributed by atoms with E-state index < -0.39 is 8.32 Å². The Bertz CT molecular complexity index is 265. The van der Waals surface area contributed by atoms with Crippen LogP contribution in [0.5, 0.6) is 0 Å². The molecule has 0 unspecified atom stereocenters. The van der Waals surface area contributed by atoms with Crippen LogP contribution in [-0.4, -0.2) is 27.0 Å². The number of esters is 1. The Balaban J connectivity index is 2.69. The van der Waals surface area contributed by atoms with Gasteiger partial charge < -0.3 is 9.16 Å². The normalized spacial score (nSPS) is 21.2. The monoisotopic (exact) mass is 272 g/mol. The highest BCUT2D eigenvalue weighted by atomic mass is 28.4. The lowest BCUT2D eigenvalue weighted by atomic mass is 10.2. The molecule has 0 N–H and O–H groups in total.